The number of nitrogens with one attached hydrogen (secondary N) is 1. The molecule has 3 aromatic rings. The van der Waals surface area contributed by atoms with Crippen LogP contribution in [-0.4, -0.2) is 49.2 Å². The zero-order valence-corrected chi connectivity index (χ0v) is 23.0. The van der Waals surface area contributed by atoms with E-state index in [0.29, 0.717) is 12.1 Å². The van der Waals surface area contributed by atoms with Gasteiger partial charge in [0.25, 0.3) is 15.7 Å². The molecule has 0 unspecified atom stereocenters. The molecular weight excluding hydrogens is 539 g/mol. The van der Waals surface area contributed by atoms with Gasteiger partial charge in [-0.1, -0.05) is 49.7 Å². The first-order valence-corrected chi connectivity index (χ1v) is 14.1. The number of amides is 2. The minimum atomic E-state index is -4.35. The van der Waals surface area contributed by atoms with E-state index in [1.807, 2.05) is 6.92 Å². The molecule has 0 saturated heterocycles. The molecule has 212 valence electrons. The summed E-state index contributed by atoms with van der Waals surface area (Å²) in [7, 11) is -4.35. The molecule has 0 aliphatic rings. The Bertz CT molecular complexity index is 1430. The zero-order valence-electron chi connectivity index (χ0n) is 22.2. The standard InChI is InChI=1S/C28H31FN4O6S/c1-3-4-17-30-28(35)21(2)31(19-22-13-15-23(29)16-14-22)27(34)20-32(24-9-8-10-25(18-24)33(36)37)40(38,39)26-11-6-5-7-12-26/h5-16,18,21H,3-4,17,19-20H2,1-2H3,(H,30,35)/t21-/m1/s1. The highest BCUT2D eigenvalue weighted by Crippen LogP contribution is 2.27. The van der Waals surface area contributed by atoms with Crippen LogP contribution in [0.15, 0.2) is 83.8 Å². The van der Waals surface area contributed by atoms with Gasteiger partial charge in [0, 0.05) is 25.2 Å². The summed E-state index contributed by atoms with van der Waals surface area (Å²) < 4.78 is 41.7. The third kappa shape index (κ3) is 7.63. The number of hydrogen-bond acceptors (Lipinski definition) is 6. The average Bonchev–Trinajstić information content (AvgIpc) is 2.95. The highest BCUT2D eigenvalue weighted by molar-refractivity contribution is 7.92. The van der Waals surface area contributed by atoms with Crippen molar-refractivity contribution < 1.29 is 27.3 Å². The lowest BCUT2D eigenvalue weighted by Crippen LogP contribution is -2.51. The Kier molecular flexibility index (Phi) is 10.3. The third-order valence-corrected chi connectivity index (χ3v) is 7.99. The van der Waals surface area contributed by atoms with E-state index in [1.54, 1.807) is 6.07 Å². The molecule has 1 atom stereocenters. The van der Waals surface area contributed by atoms with Crippen LogP contribution in [0.25, 0.3) is 0 Å². The number of carbonyl (C=O) groups excluding carboxylic acids is 2. The van der Waals surface area contributed by atoms with E-state index in [9.17, 15) is 32.5 Å². The maximum Gasteiger partial charge on any atom is 0.271 e. The predicted molar refractivity (Wildman–Crippen MR) is 148 cm³/mol. The second-order valence-electron chi connectivity index (χ2n) is 9.07. The minimum absolute atomic E-state index is 0.0896. The number of non-ortho nitro benzene ring substituents is 1. The number of nitro benzene ring substituents is 1. The molecule has 3 rings (SSSR count). The first-order valence-electron chi connectivity index (χ1n) is 12.7. The molecule has 3 aromatic carbocycles. The van der Waals surface area contributed by atoms with Crippen molar-refractivity contribution in [1.29, 1.82) is 0 Å². The molecule has 10 nitrogen and oxygen atoms in total. The van der Waals surface area contributed by atoms with Crippen molar-refractivity contribution in [3.05, 3.63) is 100 Å². The lowest BCUT2D eigenvalue weighted by molar-refractivity contribution is -0.384. The summed E-state index contributed by atoms with van der Waals surface area (Å²) in [5.41, 5.74) is 0.0778. The van der Waals surface area contributed by atoms with Crippen LogP contribution >= 0.6 is 0 Å². The fourth-order valence-electron chi connectivity index (χ4n) is 3.92. The van der Waals surface area contributed by atoms with Gasteiger partial charge in [-0.25, -0.2) is 12.8 Å². The van der Waals surface area contributed by atoms with Crippen molar-refractivity contribution in [2.75, 3.05) is 17.4 Å². The van der Waals surface area contributed by atoms with Gasteiger partial charge in [-0.05, 0) is 49.2 Å². The molecule has 1 N–H and O–H groups in total. The van der Waals surface area contributed by atoms with Crippen LogP contribution in [0.4, 0.5) is 15.8 Å². The lowest BCUT2D eigenvalue weighted by Gasteiger charge is -2.32. The maximum atomic E-state index is 13.8. The number of nitro groups is 1. The Morgan fingerprint density at radius 1 is 1.02 bits per heavy atom. The molecule has 0 aromatic heterocycles. The predicted octanol–water partition coefficient (Wildman–Crippen LogP) is 4.26. The fourth-order valence-corrected chi connectivity index (χ4v) is 5.34. The summed E-state index contributed by atoms with van der Waals surface area (Å²) in [6.45, 7) is 3.05. The minimum Gasteiger partial charge on any atom is -0.354 e. The fraction of sp³-hybridized carbons (Fsp3) is 0.286. The molecule has 0 aliphatic heterocycles. The van der Waals surface area contributed by atoms with Gasteiger partial charge in [0.05, 0.1) is 15.5 Å². The van der Waals surface area contributed by atoms with Crippen LogP contribution in [-0.2, 0) is 26.2 Å². The first kappa shape index (κ1) is 30.2. The normalized spacial score (nSPS) is 11.9. The van der Waals surface area contributed by atoms with E-state index in [1.165, 1.54) is 78.6 Å². The Morgan fingerprint density at radius 3 is 2.33 bits per heavy atom. The summed E-state index contributed by atoms with van der Waals surface area (Å²) in [5, 5.41) is 14.2. The number of hydrogen-bond donors (Lipinski definition) is 1. The van der Waals surface area contributed by atoms with Crippen LogP contribution < -0.4 is 9.62 Å². The molecule has 12 heteroatoms. The number of halogens is 1. The average molecular weight is 571 g/mol. The highest BCUT2D eigenvalue weighted by atomic mass is 32.2. The van der Waals surface area contributed by atoms with Gasteiger partial charge in [-0.2, -0.15) is 0 Å². The molecular formula is C28H31FN4O6S. The van der Waals surface area contributed by atoms with Gasteiger partial charge < -0.3 is 10.2 Å². The number of benzene rings is 3. The van der Waals surface area contributed by atoms with Crippen LogP contribution in [0.1, 0.15) is 32.3 Å². The number of sulfonamides is 1. The third-order valence-electron chi connectivity index (χ3n) is 6.20. The Morgan fingerprint density at radius 2 is 1.70 bits per heavy atom. The molecule has 0 saturated carbocycles. The van der Waals surface area contributed by atoms with Crippen molar-refractivity contribution in [2.45, 2.75) is 44.2 Å². The highest BCUT2D eigenvalue weighted by Gasteiger charge is 2.33. The van der Waals surface area contributed by atoms with Gasteiger partial charge >= 0.3 is 0 Å². The van der Waals surface area contributed by atoms with Gasteiger partial charge in [-0.15, -0.1) is 0 Å². The molecule has 0 heterocycles. The van der Waals surface area contributed by atoms with Gasteiger partial charge in [-0.3, -0.25) is 24.0 Å². The number of rotatable bonds is 13. The molecule has 0 bridgehead atoms. The number of anilines is 1. The quantitative estimate of drug-likeness (QED) is 0.186. The van der Waals surface area contributed by atoms with Crippen molar-refractivity contribution in [3.63, 3.8) is 0 Å². The Balaban J connectivity index is 2.02. The topological polar surface area (TPSA) is 130 Å². The smallest absolute Gasteiger partial charge is 0.271 e. The second-order valence-corrected chi connectivity index (χ2v) is 10.9. The zero-order chi connectivity index (χ0) is 29.3. The summed E-state index contributed by atoms with van der Waals surface area (Å²) in [6.07, 6.45) is 1.59. The molecule has 2 amide bonds. The Labute approximate surface area is 232 Å². The van der Waals surface area contributed by atoms with Crippen LogP contribution in [0.5, 0.6) is 0 Å². The van der Waals surface area contributed by atoms with Crippen molar-refractivity contribution in [2.24, 2.45) is 0 Å². The van der Waals surface area contributed by atoms with E-state index < -0.39 is 45.2 Å². The molecule has 0 aliphatic carbocycles. The Hall–Kier alpha value is -4.32. The maximum absolute atomic E-state index is 13.8. The van der Waals surface area contributed by atoms with Crippen LogP contribution in [0, 0.1) is 15.9 Å². The number of unbranched alkanes of at least 4 members (excludes halogenated alkanes) is 1. The first-order chi connectivity index (χ1) is 19.0. The molecule has 0 spiro atoms. The molecule has 0 radical (unpaired) electrons. The summed E-state index contributed by atoms with van der Waals surface area (Å²) >= 11 is 0. The monoisotopic (exact) mass is 570 g/mol. The summed E-state index contributed by atoms with van der Waals surface area (Å²) in [4.78, 5) is 38.6. The number of nitrogens with zero attached hydrogens (tertiary/aromatic N) is 3. The van der Waals surface area contributed by atoms with Crippen molar-refractivity contribution >= 4 is 33.2 Å². The summed E-state index contributed by atoms with van der Waals surface area (Å²) in [6, 6.07) is 16.7. The van der Waals surface area contributed by atoms with E-state index in [4.69, 9.17) is 0 Å². The van der Waals surface area contributed by atoms with Gasteiger partial charge in [0.2, 0.25) is 11.8 Å². The van der Waals surface area contributed by atoms with E-state index in [0.717, 1.165) is 23.2 Å². The van der Waals surface area contributed by atoms with E-state index in [-0.39, 0.29) is 22.8 Å². The number of carbonyl (C=O) groups is 2. The lowest BCUT2D eigenvalue weighted by atomic mass is 10.1. The van der Waals surface area contributed by atoms with Gasteiger partial charge in [0.15, 0.2) is 0 Å². The second kappa shape index (κ2) is 13.7. The van der Waals surface area contributed by atoms with Gasteiger partial charge in [0.1, 0.15) is 18.4 Å². The van der Waals surface area contributed by atoms with Crippen molar-refractivity contribution in [3.8, 4) is 0 Å². The molecule has 40 heavy (non-hydrogen) atoms. The molecule has 0 fully saturated rings. The van der Waals surface area contributed by atoms with Crippen molar-refractivity contribution in [1.82, 2.24) is 10.2 Å². The van der Waals surface area contributed by atoms with E-state index in [2.05, 4.69) is 5.32 Å². The largest absolute Gasteiger partial charge is 0.354 e. The van der Waals surface area contributed by atoms with Crippen LogP contribution in [0.3, 0.4) is 0 Å². The SMILES string of the molecule is CCCCNC(=O)[C@@H](C)N(Cc1ccc(F)cc1)C(=O)CN(c1cccc([N+](=O)[O-])c1)S(=O)(=O)c1ccccc1. The summed E-state index contributed by atoms with van der Waals surface area (Å²) in [5.74, 6) is -1.64. The van der Waals surface area contributed by atoms with E-state index >= 15 is 0 Å². The van der Waals surface area contributed by atoms with Crippen LogP contribution in [0.2, 0.25) is 0 Å².